The Kier molecular flexibility index (Phi) is 6.44. The normalized spacial score (nSPS) is 15.9. The van der Waals surface area contributed by atoms with Crippen molar-refractivity contribution in [2.75, 3.05) is 27.2 Å². The third-order valence-corrected chi connectivity index (χ3v) is 4.13. The van der Waals surface area contributed by atoms with Crippen LogP contribution in [0, 0.1) is 11.3 Å². The van der Waals surface area contributed by atoms with Crippen LogP contribution in [0.15, 0.2) is 28.4 Å². The second-order valence-corrected chi connectivity index (χ2v) is 6.16. The SMILES string of the molecule is CCC1=CSC(=C(C#N)c2ccnc(OCCCN(C)C)n2)N1. The van der Waals surface area contributed by atoms with Crippen LogP contribution in [0.25, 0.3) is 5.57 Å². The minimum Gasteiger partial charge on any atom is -0.463 e. The highest BCUT2D eigenvalue weighted by Crippen LogP contribution is 2.31. The van der Waals surface area contributed by atoms with Crippen molar-refractivity contribution in [1.82, 2.24) is 20.2 Å². The lowest BCUT2D eigenvalue weighted by atomic mass is 10.2. The van der Waals surface area contributed by atoms with Gasteiger partial charge in [0.15, 0.2) is 0 Å². The highest BCUT2D eigenvalue weighted by molar-refractivity contribution is 8.06. The van der Waals surface area contributed by atoms with Crippen LogP contribution in [-0.4, -0.2) is 42.1 Å². The summed E-state index contributed by atoms with van der Waals surface area (Å²) < 4.78 is 5.58. The fourth-order valence-electron chi connectivity index (χ4n) is 1.95. The lowest BCUT2D eigenvalue weighted by Crippen LogP contribution is -2.16. The van der Waals surface area contributed by atoms with Crippen LogP contribution >= 0.6 is 11.8 Å². The van der Waals surface area contributed by atoms with Crippen LogP contribution in [-0.2, 0) is 0 Å². The summed E-state index contributed by atoms with van der Waals surface area (Å²) in [6.07, 6.45) is 3.42. The van der Waals surface area contributed by atoms with Gasteiger partial charge in [0.2, 0.25) is 0 Å². The summed E-state index contributed by atoms with van der Waals surface area (Å²) in [5, 5.41) is 15.6. The van der Waals surface area contributed by atoms with Gasteiger partial charge in [-0.15, -0.1) is 0 Å². The van der Waals surface area contributed by atoms with Crippen molar-refractivity contribution in [3.8, 4) is 12.1 Å². The maximum atomic E-state index is 9.47. The molecule has 122 valence electrons. The second-order valence-electron chi connectivity index (χ2n) is 5.29. The van der Waals surface area contributed by atoms with Crippen molar-refractivity contribution < 1.29 is 4.74 Å². The van der Waals surface area contributed by atoms with Gasteiger partial charge in [-0.1, -0.05) is 18.7 Å². The Bertz CT molecular complexity index is 648. The van der Waals surface area contributed by atoms with E-state index in [1.165, 1.54) is 11.8 Å². The predicted octanol–water partition coefficient (Wildman–Crippen LogP) is 2.59. The molecule has 0 aliphatic carbocycles. The molecule has 1 aromatic heterocycles. The molecule has 1 aromatic rings. The fraction of sp³-hybridized carbons (Fsp3) is 0.438. The molecule has 0 unspecified atom stereocenters. The Balaban J connectivity index is 2.06. The van der Waals surface area contributed by atoms with E-state index in [0.29, 0.717) is 23.9 Å². The van der Waals surface area contributed by atoms with Crippen molar-refractivity contribution in [2.24, 2.45) is 0 Å². The van der Waals surface area contributed by atoms with Gasteiger partial charge in [0.1, 0.15) is 11.6 Å². The van der Waals surface area contributed by atoms with Crippen LogP contribution < -0.4 is 10.1 Å². The van der Waals surface area contributed by atoms with Crippen LogP contribution in [0.3, 0.4) is 0 Å². The molecule has 0 saturated heterocycles. The summed E-state index contributed by atoms with van der Waals surface area (Å²) in [6.45, 7) is 3.56. The Hall–Kier alpha value is -2.04. The van der Waals surface area contributed by atoms with E-state index in [1.54, 1.807) is 12.3 Å². The van der Waals surface area contributed by atoms with Gasteiger partial charge in [0, 0.05) is 18.4 Å². The second kappa shape index (κ2) is 8.56. The molecule has 2 rings (SSSR count). The Labute approximate surface area is 141 Å². The van der Waals surface area contributed by atoms with Gasteiger partial charge >= 0.3 is 6.01 Å². The largest absolute Gasteiger partial charge is 0.463 e. The quantitative estimate of drug-likeness (QED) is 0.608. The fourth-order valence-corrected chi connectivity index (χ4v) is 2.89. The molecule has 0 bridgehead atoms. The summed E-state index contributed by atoms with van der Waals surface area (Å²) in [7, 11) is 4.04. The molecule has 0 radical (unpaired) electrons. The molecule has 0 fully saturated rings. The number of aromatic nitrogens is 2. The smallest absolute Gasteiger partial charge is 0.316 e. The lowest BCUT2D eigenvalue weighted by Gasteiger charge is -2.10. The molecule has 0 amide bonds. The summed E-state index contributed by atoms with van der Waals surface area (Å²) in [4.78, 5) is 10.6. The number of ether oxygens (including phenoxy) is 1. The number of rotatable bonds is 7. The molecule has 6 nitrogen and oxygen atoms in total. The highest BCUT2D eigenvalue weighted by Gasteiger charge is 2.17. The first-order chi connectivity index (χ1) is 11.1. The number of thioether (sulfide) groups is 1. The number of nitrogens with zero attached hydrogens (tertiary/aromatic N) is 4. The molecular formula is C16H21N5OS. The maximum absolute atomic E-state index is 9.47. The van der Waals surface area contributed by atoms with Crippen molar-refractivity contribution in [2.45, 2.75) is 19.8 Å². The van der Waals surface area contributed by atoms with E-state index >= 15 is 0 Å². The van der Waals surface area contributed by atoms with Gasteiger partial charge in [-0.3, -0.25) is 0 Å². The van der Waals surface area contributed by atoms with E-state index in [9.17, 15) is 5.26 Å². The Morgan fingerprint density at radius 3 is 2.96 bits per heavy atom. The topological polar surface area (TPSA) is 74.1 Å². The van der Waals surface area contributed by atoms with Gasteiger partial charge in [-0.05, 0) is 38.4 Å². The van der Waals surface area contributed by atoms with Crippen molar-refractivity contribution in [3.63, 3.8) is 0 Å². The average molecular weight is 331 g/mol. The van der Waals surface area contributed by atoms with E-state index < -0.39 is 0 Å². The monoisotopic (exact) mass is 331 g/mol. The van der Waals surface area contributed by atoms with Gasteiger partial charge in [-0.25, -0.2) is 4.98 Å². The maximum Gasteiger partial charge on any atom is 0.316 e. The molecule has 0 saturated carbocycles. The average Bonchev–Trinajstić information content (AvgIpc) is 3.01. The van der Waals surface area contributed by atoms with Crippen LogP contribution in [0.2, 0.25) is 0 Å². The van der Waals surface area contributed by atoms with Crippen molar-refractivity contribution in [1.29, 1.82) is 5.26 Å². The zero-order chi connectivity index (χ0) is 16.7. The molecule has 7 heteroatoms. The number of allylic oxidation sites excluding steroid dienone is 2. The number of hydrogen-bond acceptors (Lipinski definition) is 7. The van der Waals surface area contributed by atoms with E-state index in [4.69, 9.17) is 4.74 Å². The standard InChI is InChI=1S/C16H21N5OS/c1-4-12-11-23-15(19-12)13(10-17)14-6-7-18-16(20-14)22-9-5-8-21(2)3/h6-7,11,19H,4-5,8-9H2,1-3H3. The van der Waals surface area contributed by atoms with Crippen molar-refractivity contribution in [3.05, 3.63) is 34.1 Å². The molecule has 1 aliphatic rings. The summed E-state index contributed by atoms with van der Waals surface area (Å²) in [5.74, 6) is 0. The molecule has 1 N–H and O–H groups in total. The molecule has 1 aliphatic heterocycles. The first-order valence-electron chi connectivity index (χ1n) is 7.52. The zero-order valence-corrected chi connectivity index (χ0v) is 14.5. The first kappa shape index (κ1) is 17.3. The van der Waals surface area contributed by atoms with E-state index in [0.717, 1.165) is 30.1 Å². The van der Waals surface area contributed by atoms with Gasteiger partial charge in [0.05, 0.1) is 17.3 Å². The van der Waals surface area contributed by atoms with Crippen LogP contribution in [0.1, 0.15) is 25.5 Å². The van der Waals surface area contributed by atoms with Crippen LogP contribution in [0.4, 0.5) is 0 Å². The van der Waals surface area contributed by atoms with Gasteiger partial charge < -0.3 is 15.0 Å². The highest BCUT2D eigenvalue weighted by atomic mass is 32.2. The third-order valence-electron chi connectivity index (χ3n) is 3.18. The molecule has 0 spiro atoms. The van der Waals surface area contributed by atoms with Crippen LogP contribution in [0.5, 0.6) is 6.01 Å². The Morgan fingerprint density at radius 2 is 2.30 bits per heavy atom. The molecule has 0 aromatic carbocycles. The lowest BCUT2D eigenvalue weighted by molar-refractivity contribution is 0.263. The molecule has 23 heavy (non-hydrogen) atoms. The van der Waals surface area contributed by atoms with Crippen molar-refractivity contribution >= 4 is 17.3 Å². The number of hydrogen-bond donors (Lipinski definition) is 1. The first-order valence-corrected chi connectivity index (χ1v) is 8.40. The summed E-state index contributed by atoms with van der Waals surface area (Å²) in [5.41, 5.74) is 2.19. The third kappa shape index (κ3) is 4.98. The van der Waals surface area contributed by atoms with Gasteiger partial charge in [0.25, 0.3) is 0 Å². The molecule has 0 atom stereocenters. The molecular weight excluding hydrogens is 310 g/mol. The summed E-state index contributed by atoms with van der Waals surface area (Å²) in [6, 6.07) is 4.26. The number of nitrogens with one attached hydrogen (secondary N) is 1. The molecule has 2 heterocycles. The minimum atomic E-state index is 0.307. The van der Waals surface area contributed by atoms with E-state index in [-0.39, 0.29) is 0 Å². The number of nitriles is 1. The van der Waals surface area contributed by atoms with E-state index in [2.05, 4.69) is 33.2 Å². The minimum absolute atomic E-state index is 0.307. The van der Waals surface area contributed by atoms with E-state index in [1.807, 2.05) is 19.5 Å². The van der Waals surface area contributed by atoms with Gasteiger partial charge in [-0.2, -0.15) is 10.2 Å². The predicted molar refractivity (Wildman–Crippen MR) is 92.3 cm³/mol. The Morgan fingerprint density at radius 1 is 1.48 bits per heavy atom. The summed E-state index contributed by atoms with van der Waals surface area (Å²) >= 11 is 1.51. The zero-order valence-electron chi connectivity index (χ0n) is 13.7.